The lowest BCUT2D eigenvalue weighted by Crippen LogP contribution is -2.37. The van der Waals surface area contributed by atoms with Gasteiger partial charge in [-0.1, -0.05) is 35.1 Å². The molecule has 1 unspecified atom stereocenters. The molecule has 1 aromatic carbocycles. The molecule has 1 aromatic heterocycles. The first-order valence-corrected chi connectivity index (χ1v) is 9.09. The van der Waals surface area contributed by atoms with Crippen molar-refractivity contribution >= 4 is 40.3 Å². The van der Waals surface area contributed by atoms with Crippen molar-refractivity contribution in [3.05, 3.63) is 59.4 Å². The van der Waals surface area contributed by atoms with Crippen molar-refractivity contribution in [2.45, 2.75) is 12.5 Å². The minimum atomic E-state index is -0.757. The number of halogens is 1. The number of benzene rings is 1. The Hall–Kier alpha value is -2.55. The fourth-order valence-electron chi connectivity index (χ4n) is 2.46. The van der Waals surface area contributed by atoms with Crippen LogP contribution in [0, 0.1) is 0 Å². The van der Waals surface area contributed by atoms with E-state index in [1.165, 1.54) is 0 Å². The van der Waals surface area contributed by atoms with Gasteiger partial charge in [0, 0.05) is 35.1 Å². The number of anilines is 1. The Morgan fingerprint density at radius 2 is 2.11 bits per heavy atom. The minimum Gasteiger partial charge on any atom is -0.389 e. The summed E-state index contributed by atoms with van der Waals surface area (Å²) >= 11 is 11.1. The number of hydrogen-bond donors (Lipinski definition) is 3. The monoisotopic (exact) mass is 403 g/mol. The number of aromatic nitrogens is 3. The molecular weight excluding hydrogens is 386 g/mol. The van der Waals surface area contributed by atoms with Gasteiger partial charge < -0.3 is 15.7 Å². The molecule has 1 amide bonds. The number of carbonyl (C=O) groups is 1. The summed E-state index contributed by atoms with van der Waals surface area (Å²) in [6.07, 6.45) is 6.38. The maximum absolute atomic E-state index is 12.2. The van der Waals surface area contributed by atoms with E-state index >= 15 is 0 Å². The van der Waals surface area contributed by atoms with Crippen LogP contribution in [0.1, 0.15) is 6.42 Å². The van der Waals surface area contributed by atoms with Crippen LogP contribution >= 0.6 is 23.8 Å². The molecule has 0 bridgehead atoms. The van der Waals surface area contributed by atoms with Crippen molar-refractivity contribution < 1.29 is 9.90 Å². The zero-order valence-corrected chi connectivity index (χ0v) is 15.9. The van der Waals surface area contributed by atoms with Gasteiger partial charge in [0.2, 0.25) is 0 Å². The van der Waals surface area contributed by atoms with Gasteiger partial charge in [-0.05, 0) is 30.3 Å². The highest BCUT2D eigenvalue weighted by Gasteiger charge is 2.18. The summed E-state index contributed by atoms with van der Waals surface area (Å²) in [6.45, 7) is 0.386. The molecule has 2 aromatic rings. The molecule has 3 rings (SSSR count). The maximum atomic E-state index is 12.2. The van der Waals surface area contributed by atoms with Gasteiger partial charge in [-0.15, -0.1) is 5.10 Å². The second kappa shape index (κ2) is 8.90. The summed E-state index contributed by atoms with van der Waals surface area (Å²) in [5.74, 6) is -0.331. The predicted octanol–water partition coefficient (Wildman–Crippen LogP) is 1.98. The van der Waals surface area contributed by atoms with Gasteiger partial charge in [-0.25, -0.2) is 4.68 Å². The smallest absolute Gasteiger partial charge is 0.252 e. The number of nitrogens with zero attached hydrogens (tertiary/aromatic N) is 3. The van der Waals surface area contributed by atoms with Gasteiger partial charge in [-0.3, -0.25) is 4.79 Å². The van der Waals surface area contributed by atoms with Crippen LogP contribution in [0.5, 0.6) is 0 Å². The Morgan fingerprint density at radius 3 is 2.81 bits per heavy atom. The summed E-state index contributed by atoms with van der Waals surface area (Å²) in [7, 11) is 0. The highest BCUT2D eigenvalue weighted by Crippen LogP contribution is 2.18. The van der Waals surface area contributed by atoms with E-state index in [1.54, 1.807) is 29.2 Å². The Kier molecular flexibility index (Phi) is 6.33. The molecule has 140 valence electrons. The van der Waals surface area contributed by atoms with Crippen LogP contribution in [0.3, 0.4) is 0 Å². The Morgan fingerprint density at radius 1 is 1.33 bits per heavy atom. The molecule has 1 aliphatic carbocycles. The molecule has 0 aliphatic heterocycles. The van der Waals surface area contributed by atoms with Crippen LogP contribution in [0.2, 0.25) is 0 Å². The van der Waals surface area contributed by atoms with Crippen LogP contribution in [-0.2, 0) is 4.79 Å². The lowest BCUT2D eigenvalue weighted by molar-refractivity contribution is -0.117. The first-order valence-electron chi connectivity index (χ1n) is 8.30. The fourth-order valence-corrected chi connectivity index (χ4v) is 2.88. The van der Waals surface area contributed by atoms with E-state index < -0.39 is 6.10 Å². The molecule has 1 atom stereocenters. The third-order valence-corrected chi connectivity index (χ3v) is 4.55. The van der Waals surface area contributed by atoms with Gasteiger partial charge in [0.25, 0.3) is 5.91 Å². The molecule has 27 heavy (non-hydrogen) atoms. The standard InChI is InChI=1S/C18H18ClN5O2S/c19-12-1-6-17(27)16(9-12)18(26)21-11-15(25)10-20-13-2-4-14(5-3-13)24-8-7-22-23-24/h1-5,7-9,15,20,25H,6,10-11H2,(H,21,26). The average molecular weight is 404 g/mol. The first-order chi connectivity index (χ1) is 13.0. The van der Waals surface area contributed by atoms with E-state index in [0.29, 0.717) is 21.9 Å². The second-order valence-electron chi connectivity index (χ2n) is 5.91. The van der Waals surface area contributed by atoms with E-state index in [-0.39, 0.29) is 19.0 Å². The molecule has 9 heteroatoms. The lowest BCUT2D eigenvalue weighted by Gasteiger charge is -2.16. The van der Waals surface area contributed by atoms with Crippen molar-refractivity contribution in [2.24, 2.45) is 0 Å². The summed E-state index contributed by atoms with van der Waals surface area (Å²) in [4.78, 5) is 12.7. The van der Waals surface area contributed by atoms with E-state index in [1.807, 2.05) is 24.3 Å². The first kappa shape index (κ1) is 19.2. The van der Waals surface area contributed by atoms with Crippen molar-refractivity contribution in [1.82, 2.24) is 20.3 Å². The number of allylic oxidation sites excluding steroid dienone is 3. The van der Waals surface area contributed by atoms with Crippen molar-refractivity contribution in [3.8, 4) is 5.69 Å². The summed E-state index contributed by atoms with van der Waals surface area (Å²) in [6, 6.07) is 7.53. The molecule has 7 nitrogen and oxygen atoms in total. The third kappa shape index (κ3) is 5.22. The van der Waals surface area contributed by atoms with Crippen LogP contribution in [-0.4, -0.2) is 50.1 Å². The number of rotatable bonds is 7. The van der Waals surface area contributed by atoms with E-state index in [2.05, 4.69) is 20.9 Å². The largest absolute Gasteiger partial charge is 0.389 e. The Bertz CT molecular complexity index is 878. The van der Waals surface area contributed by atoms with E-state index in [9.17, 15) is 9.90 Å². The summed E-state index contributed by atoms with van der Waals surface area (Å²) < 4.78 is 1.65. The number of thiocarbonyl (C=S) groups is 1. The molecule has 1 heterocycles. The topological polar surface area (TPSA) is 92.1 Å². The molecule has 0 spiro atoms. The number of carbonyl (C=O) groups excluding carboxylic acids is 1. The number of aliphatic hydroxyl groups is 1. The molecule has 0 fully saturated rings. The lowest BCUT2D eigenvalue weighted by atomic mass is 10.0. The molecule has 3 N–H and O–H groups in total. The van der Waals surface area contributed by atoms with Crippen molar-refractivity contribution in [2.75, 3.05) is 18.4 Å². The maximum Gasteiger partial charge on any atom is 0.252 e. The third-order valence-electron chi connectivity index (χ3n) is 3.90. The average Bonchev–Trinajstić information content (AvgIpc) is 3.21. The Balaban J connectivity index is 1.46. The van der Waals surface area contributed by atoms with Crippen LogP contribution in [0.4, 0.5) is 5.69 Å². The van der Waals surface area contributed by atoms with E-state index in [0.717, 1.165) is 11.4 Å². The SMILES string of the molecule is O=C(NCC(O)CNc1ccc(-n2ccnn2)cc1)C1=CC(Cl)=CCC1=S. The number of nitrogens with one attached hydrogen (secondary N) is 2. The zero-order valence-electron chi connectivity index (χ0n) is 14.3. The van der Waals surface area contributed by atoms with Crippen molar-refractivity contribution in [1.29, 1.82) is 0 Å². The number of amides is 1. The van der Waals surface area contributed by atoms with Crippen LogP contribution in [0.15, 0.2) is 59.4 Å². The number of aliphatic hydroxyl groups excluding tert-OH is 1. The van der Waals surface area contributed by atoms with Crippen LogP contribution < -0.4 is 10.6 Å². The molecule has 0 saturated heterocycles. The number of hydrogen-bond acceptors (Lipinski definition) is 6. The fraction of sp³-hybridized carbons (Fsp3) is 0.222. The summed E-state index contributed by atoms with van der Waals surface area (Å²) in [5.41, 5.74) is 2.11. The second-order valence-corrected chi connectivity index (χ2v) is 6.84. The van der Waals surface area contributed by atoms with Gasteiger partial charge in [0.05, 0.1) is 29.8 Å². The highest BCUT2D eigenvalue weighted by molar-refractivity contribution is 7.81. The molecule has 1 aliphatic rings. The summed E-state index contributed by atoms with van der Waals surface area (Å²) in [5, 5.41) is 24.1. The normalized spacial score (nSPS) is 15.0. The van der Waals surface area contributed by atoms with Crippen molar-refractivity contribution in [3.63, 3.8) is 0 Å². The molecular formula is C18H18ClN5O2S. The zero-order chi connectivity index (χ0) is 19.2. The minimum absolute atomic E-state index is 0.101. The molecule has 0 radical (unpaired) electrons. The quantitative estimate of drug-likeness (QED) is 0.612. The molecule has 0 saturated carbocycles. The van der Waals surface area contributed by atoms with Gasteiger partial charge >= 0.3 is 0 Å². The highest BCUT2D eigenvalue weighted by atomic mass is 35.5. The van der Waals surface area contributed by atoms with E-state index in [4.69, 9.17) is 23.8 Å². The van der Waals surface area contributed by atoms with Gasteiger partial charge in [0.15, 0.2) is 0 Å². The predicted molar refractivity (Wildman–Crippen MR) is 108 cm³/mol. The van der Waals surface area contributed by atoms with Gasteiger partial charge in [0.1, 0.15) is 0 Å². The Labute approximate surface area is 166 Å². The van der Waals surface area contributed by atoms with Gasteiger partial charge in [-0.2, -0.15) is 0 Å². The van der Waals surface area contributed by atoms with Crippen LogP contribution in [0.25, 0.3) is 5.69 Å².